The Hall–Kier alpha value is -1.08. The fraction of sp³-hybridized carbons (Fsp3) is 0.571. The molecule has 0 unspecified atom stereocenters. The summed E-state index contributed by atoms with van der Waals surface area (Å²) in [5.74, 6) is 0.478. The van der Waals surface area contributed by atoms with Crippen molar-refractivity contribution in [3.8, 4) is 0 Å². The molecule has 8 heteroatoms. The van der Waals surface area contributed by atoms with Gasteiger partial charge in [0.05, 0.1) is 11.9 Å². The first-order valence-electron chi connectivity index (χ1n) is 7.13. The van der Waals surface area contributed by atoms with E-state index in [9.17, 15) is 4.79 Å². The Morgan fingerprint density at radius 1 is 1.23 bits per heavy atom. The smallest absolute Gasteiger partial charge is 0.225 e. The zero-order valence-corrected chi connectivity index (χ0v) is 14.5. The summed E-state index contributed by atoms with van der Waals surface area (Å²) in [5.41, 5.74) is 6.20. The fourth-order valence-electron chi connectivity index (χ4n) is 2.29. The SMILES string of the molecule is CCN1CCN(CCC(=O)Nc2ccc(N)nc2)CC1.Cl.Cl. The quantitative estimate of drug-likeness (QED) is 0.841. The number of piperazine rings is 1. The maximum absolute atomic E-state index is 11.9. The van der Waals surface area contributed by atoms with E-state index in [1.165, 1.54) is 0 Å². The molecule has 1 aliphatic heterocycles. The predicted octanol–water partition coefficient (Wildman–Crippen LogP) is 1.47. The highest BCUT2D eigenvalue weighted by molar-refractivity contribution is 5.90. The Morgan fingerprint density at radius 3 is 2.41 bits per heavy atom. The zero-order chi connectivity index (χ0) is 14.4. The van der Waals surface area contributed by atoms with E-state index in [0.717, 1.165) is 39.3 Å². The molecule has 0 saturated carbocycles. The molecule has 0 bridgehead atoms. The van der Waals surface area contributed by atoms with Crippen molar-refractivity contribution in [2.24, 2.45) is 0 Å². The lowest BCUT2D eigenvalue weighted by Crippen LogP contribution is -2.46. The lowest BCUT2D eigenvalue weighted by molar-refractivity contribution is -0.116. The van der Waals surface area contributed by atoms with Crippen LogP contribution in [0, 0.1) is 0 Å². The van der Waals surface area contributed by atoms with Crippen molar-refractivity contribution in [1.82, 2.24) is 14.8 Å². The lowest BCUT2D eigenvalue weighted by Gasteiger charge is -2.33. The third-order valence-corrected chi connectivity index (χ3v) is 3.64. The number of hydrogen-bond acceptors (Lipinski definition) is 5. The molecule has 0 atom stereocenters. The van der Waals surface area contributed by atoms with Crippen LogP contribution in [0.5, 0.6) is 0 Å². The van der Waals surface area contributed by atoms with E-state index < -0.39 is 0 Å². The molecule has 0 aliphatic carbocycles. The van der Waals surface area contributed by atoms with Gasteiger partial charge in [-0.3, -0.25) is 4.79 Å². The Balaban J connectivity index is 0.00000220. The second kappa shape index (κ2) is 10.6. The number of pyridine rings is 1. The molecule has 0 radical (unpaired) electrons. The standard InChI is InChI=1S/C14H23N5O.2ClH/c1-2-18-7-9-19(10-8-18)6-5-14(20)17-12-3-4-13(15)16-11-12;;/h3-4,11H,2,5-10H2,1H3,(H2,15,16)(H,17,20);2*1H. The first-order valence-corrected chi connectivity index (χ1v) is 7.13. The van der Waals surface area contributed by atoms with Crippen LogP contribution in [-0.4, -0.2) is 60.0 Å². The van der Waals surface area contributed by atoms with Gasteiger partial charge in [-0.2, -0.15) is 0 Å². The van der Waals surface area contributed by atoms with Gasteiger partial charge in [0.1, 0.15) is 5.82 Å². The van der Waals surface area contributed by atoms with E-state index in [4.69, 9.17) is 5.73 Å². The van der Waals surface area contributed by atoms with Gasteiger partial charge in [0.25, 0.3) is 0 Å². The minimum Gasteiger partial charge on any atom is -0.384 e. The minimum absolute atomic E-state index is 0. The van der Waals surface area contributed by atoms with Crippen LogP contribution in [0.3, 0.4) is 0 Å². The number of amides is 1. The van der Waals surface area contributed by atoms with Gasteiger partial charge < -0.3 is 20.9 Å². The Morgan fingerprint density at radius 2 is 1.86 bits per heavy atom. The maximum Gasteiger partial charge on any atom is 0.225 e. The highest BCUT2D eigenvalue weighted by Gasteiger charge is 2.16. The van der Waals surface area contributed by atoms with Gasteiger partial charge in [0.15, 0.2) is 0 Å². The number of nitrogen functional groups attached to an aromatic ring is 1. The van der Waals surface area contributed by atoms with Crippen LogP contribution in [0.1, 0.15) is 13.3 Å². The summed E-state index contributed by atoms with van der Waals surface area (Å²) in [5, 5.41) is 2.83. The van der Waals surface area contributed by atoms with Crippen molar-refractivity contribution < 1.29 is 4.79 Å². The van der Waals surface area contributed by atoms with Crippen LogP contribution >= 0.6 is 24.8 Å². The van der Waals surface area contributed by atoms with Crippen molar-refractivity contribution in [3.05, 3.63) is 18.3 Å². The van der Waals surface area contributed by atoms with Crippen LogP contribution in [0.2, 0.25) is 0 Å². The van der Waals surface area contributed by atoms with Crippen molar-refractivity contribution >= 4 is 42.2 Å². The summed E-state index contributed by atoms with van der Waals surface area (Å²) in [6.07, 6.45) is 2.09. The Kier molecular flexibility index (Phi) is 10.1. The molecule has 22 heavy (non-hydrogen) atoms. The van der Waals surface area contributed by atoms with Crippen LogP contribution in [0.15, 0.2) is 18.3 Å². The molecule has 126 valence electrons. The van der Waals surface area contributed by atoms with Gasteiger partial charge in [-0.1, -0.05) is 6.92 Å². The number of rotatable bonds is 5. The van der Waals surface area contributed by atoms with Crippen LogP contribution in [-0.2, 0) is 4.79 Å². The molecule has 1 aromatic heterocycles. The van der Waals surface area contributed by atoms with E-state index in [1.54, 1.807) is 18.3 Å². The number of anilines is 2. The summed E-state index contributed by atoms with van der Waals surface area (Å²) < 4.78 is 0. The molecule has 6 nitrogen and oxygen atoms in total. The van der Waals surface area contributed by atoms with Gasteiger partial charge in [0, 0.05) is 39.1 Å². The molecule has 0 aromatic carbocycles. The number of aromatic nitrogens is 1. The van der Waals surface area contributed by atoms with Gasteiger partial charge in [-0.15, -0.1) is 24.8 Å². The van der Waals surface area contributed by atoms with Gasteiger partial charge >= 0.3 is 0 Å². The largest absolute Gasteiger partial charge is 0.384 e. The van der Waals surface area contributed by atoms with Crippen molar-refractivity contribution in [1.29, 1.82) is 0 Å². The third kappa shape index (κ3) is 6.79. The molecule has 1 aromatic rings. The summed E-state index contributed by atoms with van der Waals surface area (Å²) in [6.45, 7) is 8.39. The number of hydrogen-bond donors (Lipinski definition) is 2. The van der Waals surface area contributed by atoms with E-state index >= 15 is 0 Å². The van der Waals surface area contributed by atoms with Crippen LogP contribution < -0.4 is 11.1 Å². The number of carbonyl (C=O) groups is 1. The highest BCUT2D eigenvalue weighted by Crippen LogP contribution is 2.08. The number of nitrogens with zero attached hydrogens (tertiary/aromatic N) is 3. The molecular formula is C14H25Cl2N5O. The fourth-order valence-corrected chi connectivity index (χ4v) is 2.29. The normalized spacial score (nSPS) is 15.5. The maximum atomic E-state index is 11.9. The molecule has 1 fully saturated rings. The number of nitrogens with one attached hydrogen (secondary N) is 1. The number of halogens is 2. The number of carbonyl (C=O) groups excluding carboxylic acids is 1. The molecule has 1 saturated heterocycles. The van der Waals surface area contributed by atoms with Gasteiger partial charge in [-0.25, -0.2) is 4.98 Å². The van der Waals surface area contributed by atoms with Crippen LogP contribution in [0.4, 0.5) is 11.5 Å². The average molecular weight is 350 g/mol. The molecule has 1 aliphatic rings. The van der Waals surface area contributed by atoms with Crippen LogP contribution in [0.25, 0.3) is 0 Å². The minimum atomic E-state index is 0. The first kappa shape index (κ1) is 20.9. The van der Waals surface area contributed by atoms with E-state index in [1.807, 2.05) is 0 Å². The summed E-state index contributed by atoms with van der Waals surface area (Å²) in [7, 11) is 0. The molecule has 3 N–H and O–H groups in total. The second-order valence-corrected chi connectivity index (χ2v) is 5.05. The predicted molar refractivity (Wildman–Crippen MR) is 94.9 cm³/mol. The monoisotopic (exact) mass is 349 g/mol. The highest BCUT2D eigenvalue weighted by atomic mass is 35.5. The number of likely N-dealkylation sites (N-methyl/N-ethyl adjacent to an activating group) is 1. The third-order valence-electron chi connectivity index (χ3n) is 3.64. The van der Waals surface area contributed by atoms with E-state index in [0.29, 0.717) is 17.9 Å². The average Bonchev–Trinajstić information content (AvgIpc) is 2.48. The lowest BCUT2D eigenvalue weighted by atomic mass is 10.2. The Labute approximate surface area is 144 Å². The number of nitrogens with two attached hydrogens (primary N) is 1. The van der Waals surface area contributed by atoms with Crippen molar-refractivity contribution in [3.63, 3.8) is 0 Å². The molecular weight excluding hydrogens is 325 g/mol. The second-order valence-electron chi connectivity index (χ2n) is 5.05. The topological polar surface area (TPSA) is 74.5 Å². The van der Waals surface area contributed by atoms with E-state index in [-0.39, 0.29) is 30.7 Å². The molecule has 2 rings (SSSR count). The summed E-state index contributed by atoms with van der Waals surface area (Å²) in [4.78, 5) is 20.6. The molecule has 1 amide bonds. The van der Waals surface area contributed by atoms with E-state index in [2.05, 4.69) is 27.0 Å². The summed E-state index contributed by atoms with van der Waals surface area (Å²) in [6, 6.07) is 3.44. The van der Waals surface area contributed by atoms with Gasteiger partial charge in [-0.05, 0) is 18.7 Å². The van der Waals surface area contributed by atoms with Crippen molar-refractivity contribution in [2.75, 3.05) is 50.3 Å². The molecule has 2 heterocycles. The molecule has 0 spiro atoms. The van der Waals surface area contributed by atoms with Crippen molar-refractivity contribution in [2.45, 2.75) is 13.3 Å². The van der Waals surface area contributed by atoms with Gasteiger partial charge in [0.2, 0.25) is 5.91 Å². The Bertz CT molecular complexity index is 435. The first-order chi connectivity index (χ1) is 9.67. The summed E-state index contributed by atoms with van der Waals surface area (Å²) >= 11 is 0. The zero-order valence-electron chi connectivity index (χ0n) is 12.8.